The van der Waals surface area contributed by atoms with Crippen LogP contribution in [-0.2, 0) is 4.79 Å². The number of hydrogen-bond donors (Lipinski definition) is 4. The summed E-state index contributed by atoms with van der Waals surface area (Å²) in [7, 11) is 0. The highest BCUT2D eigenvalue weighted by Gasteiger charge is 2.25. The third-order valence-electron chi connectivity index (χ3n) is 4.79. The van der Waals surface area contributed by atoms with Crippen molar-refractivity contribution in [3.8, 4) is 23.1 Å². The van der Waals surface area contributed by atoms with Crippen LogP contribution >= 0.6 is 0 Å². The Morgan fingerprint density at radius 1 is 1.31 bits per heavy atom. The van der Waals surface area contributed by atoms with Gasteiger partial charge in [-0.25, -0.2) is 14.4 Å². The summed E-state index contributed by atoms with van der Waals surface area (Å²) in [4.78, 5) is 16.4. The number of carboxylic acid groups (broad SMARTS) is 1. The Balaban J connectivity index is 0.000000913. The van der Waals surface area contributed by atoms with Gasteiger partial charge in [0.2, 0.25) is 0 Å². The van der Waals surface area contributed by atoms with Crippen LogP contribution in [0.25, 0.3) is 11.3 Å². The predicted molar refractivity (Wildman–Crippen MR) is 114 cm³/mol. The Morgan fingerprint density at radius 3 is 2.72 bits per heavy atom. The zero-order chi connectivity index (χ0) is 23.1. The van der Waals surface area contributed by atoms with E-state index in [1.807, 2.05) is 19.1 Å². The fourth-order valence-corrected chi connectivity index (χ4v) is 3.42. The third-order valence-corrected chi connectivity index (χ3v) is 4.79. The zero-order valence-electron chi connectivity index (χ0n) is 17.2. The first kappa shape index (κ1) is 22.6. The summed E-state index contributed by atoms with van der Waals surface area (Å²) in [5.74, 6) is 0.932. The Morgan fingerprint density at radius 2 is 2.09 bits per heavy atom. The molecule has 0 unspecified atom stereocenters. The van der Waals surface area contributed by atoms with Gasteiger partial charge in [0.15, 0.2) is 11.5 Å². The lowest BCUT2D eigenvalue weighted by Gasteiger charge is -2.17. The van der Waals surface area contributed by atoms with Crippen molar-refractivity contribution < 1.29 is 19.0 Å². The number of H-pyrrole nitrogens is 1. The summed E-state index contributed by atoms with van der Waals surface area (Å²) < 4.78 is 20.9. The van der Waals surface area contributed by atoms with Crippen LogP contribution in [0.1, 0.15) is 30.5 Å². The predicted octanol–water partition coefficient (Wildman–Crippen LogP) is 2.89. The smallest absolute Gasteiger partial charge is 0.290 e. The lowest BCUT2D eigenvalue weighted by atomic mass is 10.1. The largest absolute Gasteiger partial charge is 0.490 e. The molecule has 11 heteroatoms. The first-order valence-corrected chi connectivity index (χ1v) is 9.78. The number of nitrogens with one attached hydrogen (secondary N) is 2. The van der Waals surface area contributed by atoms with Crippen LogP contribution < -0.4 is 15.8 Å². The second-order valence-electron chi connectivity index (χ2n) is 7.23. The molecule has 2 aromatic heterocycles. The number of aromatic nitrogens is 4. The molecule has 1 aromatic carbocycles. The van der Waals surface area contributed by atoms with Gasteiger partial charge in [0.25, 0.3) is 6.47 Å². The van der Waals surface area contributed by atoms with Crippen molar-refractivity contribution in [1.29, 1.82) is 5.26 Å². The van der Waals surface area contributed by atoms with Crippen LogP contribution in [0, 0.1) is 24.1 Å². The molecule has 2 atom stereocenters. The van der Waals surface area contributed by atoms with E-state index in [4.69, 9.17) is 25.6 Å². The van der Waals surface area contributed by atoms with Gasteiger partial charge in [-0.2, -0.15) is 10.4 Å². The maximum absolute atomic E-state index is 14.8. The van der Waals surface area contributed by atoms with E-state index in [1.165, 1.54) is 18.5 Å². The van der Waals surface area contributed by atoms with E-state index in [0.29, 0.717) is 28.6 Å². The monoisotopic (exact) mass is 439 g/mol. The molecule has 5 N–H and O–H groups in total. The lowest BCUT2D eigenvalue weighted by Crippen LogP contribution is -2.19. The van der Waals surface area contributed by atoms with Gasteiger partial charge in [0.05, 0.1) is 23.7 Å². The number of rotatable bonds is 5. The molecule has 32 heavy (non-hydrogen) atoms. The molecule has 0 spiro atoms. The number of aryl methyl sites for hydroxylation is 1. The number of halogens is 1. The van der Waals surface area contributed by atoms with Gasteiger partial charge in [-0.1, -0.05) is 0 Å². The molecule has 1 aliphatic carbocycles. The molecular weight excluding hydrogens is 417 g/mol. The highest BCUT2D eigenvalue weighted by atomic mass is 19.1. The fourth-order valence-electron chi connectivity index (χ4n) is 3.42. The van der Waals surface area contributed by atoms with Gasteiger partial charge in [0.1, 0.15) is 29.6 Å². The van der Waals surface area contributed by atoms with E-state index in [1.54, 1.807) is 6.07 Å². The number of benzene rings is 1. The maximum Gasteiger partial charge on any atom is 0.290 e. The molecule has 0 saturated heterocycles. The normalized spacial score (nSPS) is 17.1. The van der Waals surface area contributed by atoms with Crippen LogP contribution in [-0.4, -0.2) is 43.9 Å². The summed E-state index contributed by atoms with van der Waals surface area (Å²) in [5.41, 5.74) is 7.76. The van der Waals surface area contributed by atoms with Gasteiger partial charge in [-0.15, -0.1) is 0 Å². The van der Waals surface area contributed by atoms with E-state index in [2.05, 4.69) is 25.5 Å². The molecule has 3 aromatic rings. The Labute approximate surface area is 183 Å². The van der Waals surface area contributed by atoms with Crippen molar-refractivity contribution >= 4 is 18.1 Å². The molecule has 1 fully saturated rings. The van der Waals surface area contributed by atoms with Crippen LogP contribution in [0.3, 0.4) is 0 Å². The van der Waals surface area contributed by atoms with Crippen molar-refractivity contribution in [1.82, 2.24) is 20.2 Å². The van der Waals surface area contributed by atoms with Crippen LogP contribution in [0.15, 0.2) is 30.6 Å². The quantitative estimate of drug-likeness (QED) is 0.438. The minimum absolute atomic E-state index is 0.0283. The van der Waals surface area contributed by atoms with Crippen molar-refractivity contribution in [2.24, 2.45) is 5.73 Å². The molecule has 0 bridgehead atoms. The van der Waals surface area contributed by atoms with Crippen molar-refractivity contribution in [2.45, 2.75) is 38.3 Å². The number of carbonyl (C=O) groups is 1. The number of aromatic amines is 1. The topological polar surface area (TPSA) is 163 Å². The van der Waals surface area contributed by atoms with Crippen molar-refractivity contribution in [3.63, 3.8) is 0 Å². The Kier molecular flexibility index (Phi) is 7.30. The molecular formula is C21H22FN7O3. The van der Waals surface area contributed by atoms with Crippen molar-refractivity contribution in [2.75, 3.05) is 5.32 Å². The molecule has 0 amide bonds. The standard InChI is InChI=1S/C20H20FN7O.CH2O2/c1-11-4-15(21)20(17(5-11)29-14-3-2-12(23)6-14)16-7-18(28-27-16)26-19-10-24-13(8-22)9-25-19;2-1-3/h4-5,7,9-10,12,14H,2-3,6,23H2,1H3,(H2,25,26,27,28);1H,(H,2,3)/t12-,14-;/m1./s1. The number of anilines is 2. The van der Waals surface area contributed by atoms with E-state index in [0.717, 1.165) is 24.8 Å². The van der Waals surface area contributed by atoms with Crippen LogP contribution in [0.2, 0.25) is 0 Å². The first-order chi connectivity index (χ1) is 15.4. The minimum atomic E-state index is -0.393. The number of nitrogens with zero attached hydrogens (tertiary/aromatic N) is 4. The van der Waals surface area contributed by atoms with Crippen molar-refractivity contribution in [3.05, 3.63) is 47.7 Å². The van der Waals surface area contributed by atoms with Gasteiger partial charge in [-0.3, -0.25) is 9.89 Å². The van der Waals surface area contributed by atoms with E-state index in [-0.39, 0.29) is 24.3 Å². The number of hydrogen-bond acceptors (Lipinski definition) is 8. The summed E-state index contributed by atoms with van der Waals surface area (Å²) >= 11 is 0. The Bertz CT molecular complexity index is 1110. The summed E-state index contributed by atoms with van der Waals surface area (Å²) in [6, 6.07) is 6.98. The molecule has 10 nitrogen and oxygen atoms in total. The second-order valence-corrected chi connectivity index (χ2v) is 7.23. The lowest BCUT2D eigenvalue weighted by molar-refractivity contribution is -0.122. The second kappa shape index (κ2) is 10.3. The van der Waals surface area contributed by atoms with E-state index >= 15 is 0 Å². The summed E-state index contributed by atoms with van der Waals surface area (Å²) in [6.45, 7) is 1.57. The maximum atomic E-state index is 14.8. The molecule has 166 valence electrons. The molecule has 0 radical (unpaired) electrons. The van der Waals surface area contributed by atoms with Gasteiger partial charge >= 0.3 is 0 Å². The minimum Gasteiger partial charge on any atom is -0.490 e. The number of nitriles is 1. The highest BCUT2D eigenvalue weighted by Crippen LogP contribution is 2.36. The zero-order valence-corrected chi connectivity index (χ0v) is 17.2. The third kappa shape index (κ3) is 5.55. The molecule has 1 aliphatic rings. The summed E-state index contributed by atoms with van der Waals surface area (Å²) in [5, 5.41) is 25.7. The molecule has 0 aliphatic heterocycles. The molecule has 4 rings (SSSR count). The van der Waals surface area contributed by atoms with Gasteiger partial charge in [-0.05, 0) is 43.9 Å². The fraction of sp³-hybridized carbons (Fsp3) is 0.286. The van der Waals surface area contributed by atoms with Crippen LogP contribution in [0.4, 0.5) is 16.0 Å². The highest BCUT2D eigenvalue weighted by molar-refractivity contribution is 5.71. The first-order valence-electron chi connectivity index (χ1n) is 9.78. The van der Waals surface area contributed by atoms with Gasteiger partial charge in [0, 0.05) is 12.1 Å². The molecule has 2 heterocycles. The van der Waals surface area contributed by atoms with Crippen LogP contribution in [0.5, 0.6) is 5.75 Å². The summed E-state index contributed by atoms with van der Waals surface area (Å²) in [6.07, 6.45) is 5.26. The SMILES string of the molecule is Cc1cc(F)c(-c2cc(Nc3cnc(C#N)cn3)n[nH]2)c(O[C@@H]2CC[C@@H](N)C2)c1.O=CO. The van der Waals surface area contributed by atoms with Gasteiger partial charge < -0.3 is 20.9 Å². The Hall–Kier alpha value is -4.04. The van der Waals surface area contributed by atoms with E-state index < -0.39 is 5.82 Å². The average Bonchev–Trinajstić information content (AvgIpc) is 3.37. The molecule has 1 saturated carbocycles. The average molecular weight is 439 g/mol. The number of ether oxygens (including phenoxy) is 1. The van der Waals surface area contributed by atoms with E-state index in [9.17, 15) is 4.39 Å². The number of nitrogens with two attached hydrogens (primary N) is 1.